The van der Waals surface area contributed by atoms with Gasteiger partial charge in [0.15, 0.2) is 0 Å². The molecule has 0 saturated heterocycles. The van der Waals surface area contributed by atoms with Gasteiger partial charge in [-0.1, -0.05) is 42.5 Å². The Balaban J connectivity index is 1.46. The molecule has 0 aliphatic heterocycles. The van der Waals surface area contributed by atoms with E-state index in [1.165, 1.54) is 0 Å². The average molecular weight is 369 g/mol. The van der Waals surface area contributed by atoms with Crippen LogP contribution in [0.3, 0.4) is 0 Å². The molecule has 28 heavy (non-hydrogen) atoms. The molecular formula is C24H19NO3. The summed E-state index contributed by atoms with van der Waals surface area (Å²) in [5.74, 6) is 0.690. The van der Waals surface area contributed by atoms with Crippen LogP contribution >= 0.6 is 0 Å². The zero-order chi connectivity index (χ0) is 19.3. The first-order chi connectivity index (χ1) is 13.7. The van der Waals surface area contributed by atoms with Gasteiger partial charge in [-0.15, -0.1) is 0 Å². The van der Waals surface area contributed by atoms with E-state index < -0.39 is 5.97 Å². The van der Waals surface area contributed by atoms with Crippen molar-refractivity contribution in [2.75, 3.05) is 5.32 Å². The molecule has 0 saturated carbocycles. The monoisotopic (exact) mass is 369 g/mol. The van der Waals surface area contributed by atoms with Crippen molar-refractivity contribution in [2.24, 2.45) is 0 Å². The maximum Gasteiger partial charge on any atom is 0.335 e. The molecule has 138 valence electrons. The summed E-state index contributed by atoms with van der Waals surface area (Å²) in [6, 6.07) is 28.7. The molecule has 0 aliphatic rings. The smallest absolute Gasteiger partial charge is 0.335 e. The molecule has 4 aromatic rings. The fourth-order valence-electron chi connectivity index (χ4n) is 3.04. The Morgan fingerprint density at radius 1 is 0.786 bits per heavy atom. The highest BCUT2D eigenvalue weighted by molar-refractivity contribution is 5.95. The van der Waals surface area contributed by atoms with Gasteiger partial charge >= 0.3 is 5.97 Å². The van der Waals surface area contributed by atoms with Crippen molar-refractivity contribution in [1.82, 2.24) is 0 Å². The maximum absolute atomic E-state index is 11.1. The van der Waals surface area contributed by atoms with Crippen molar-refractivity contribution in [3.63, 3.8) is 0 Å². The van der Waals surface area contributed by atoms with E-state index in [1.54, 1.807) is 12.1 Å². The van der Waals surface area contributed by atoms with Gasteiger partial charge in [-0.25, -0.2) is 4.79 Å². The third kappa shape index (κ3) is 4.13. The molecule has 0 amide bonds. The highest BCUT2D eigenvalue weighted by atomic mass is 16.5. The zero-order valence-electron chi connectivity index (χ0n) is 15.1. The van der Waals surface area contributed by atoms with Crippen LogP contribution in [0.4, 0.5) is 5.69 Å². The lowest BCUT2D eigenvalue weighted by Crippen LogP contribution is -2.00. The minimum absolute atomic E-state index is 0.295. The molecule has 0 fully saturated rings. The van der Waals surface area contributed by atoms with E-state index in [4.69, 9.17) is 9.84 Å². The van der Waals surface area contributed by atoms with Gasteiger partial charge in [-0.3, -0.25) is 0 Å². The van der Waals surface area contributed by atoms with Gasteiger partial charge in [-0.05, 0) is 64.9 Å². The molecule has 0 radical (unpaired) electrons. The minimum Gasteiger partial charge on any atom is -0.478 e. The van der Waals surface area contributed by atoms with E-state index in [9.17, 15) is 4.79 Å². The number of aromatic carboxylic acids is 1. The van der Waals surface area contributed by atoms with E-state index in [-0.39, 0.29) is 0 Å². The molecule has 0 atom stereocenters. The lowest BCUT2D eigenvalue weighted by atomic mass is 10.1. The molecule has 4 aromatic carbocycles. The standard InChI is InChI=1S/C24H19NO3/c26-24(27)20-10-9-19-15-21(12-11-18(19)14-20)25-16-17-5-4-8-23(13-17)28-22-6-2-1-3-7-22/h1-15,25H,16H2,(H,26,27). The first-order valence-electron chi connectivity index (χ1n) is 9.00. The summed E-state index contributed by atoms with van der Waals surface area (Å²) in [7, 11) is 0. The van der Waals surface area contributed by atoms with Crippen molar-refractivity contribution in [1.29, 1.82) is 0 Å². The lowest BCUT2D eigenvalue weighted by molar-refractivity contribution is 0.0697. The molecule has 0 spiro atoms. The fraction of sp³-hybridized carbons (Fsp3) is 0.0417. The largest absolute Gasteiger partial charge is 0.478 e. The zero-order valence-corrected chi connectivity index (χ0v) is 15.1. The number of hydrogen-bond donors (Lipinski definition) is 2. The van der Waals surface area contributed by atoms with Gasteiger partial charge in [0.05, 0.1) is 5.56 Å². The number of hydrogen-bond acceptors (Lipinski definition) is 3. The quantitative estimate of drug-likeness (QED) is 0.441. The Morgan fingerprint density at radius 2 is 1.54 bits per heavy atom. The summed E-state index contributed by atoms with van der Waals surface area (Å²) in [6.07, 6.45) is 0. The molecule has 0 heterocycles. The van der Waals surface area contributed by atoms with Gasteiger partial charge in [0, 0.05) is 12.2 Å². The predicted octanol–water partition coefficient (Wildman–Crippen LogP) is 5.94. The fourth-order valence-corrected chi connectivity index (χ4v) is 3.04. The molecule has 4 nitrogen and oxygen atoms in total. The van der Waals surface area contributed by atoms with E-state index in [0.717, 1.165) is 33.5 Å². The second kappa shape index (κ2) is 7.84. The number of carbonyl (C=O) groups is 1. The average Bonchev–Trinajstić information content (AvgIpc) is 2.73. The summed E-state index contributed by atoms with van der Waals surface area (Å²) >= 11 is 0. The SMILES string of the molecule is O=C(O)c1ccc2cc(NCc3cccc(Oc4ccccc4)c3)ccc2c1. The van der Waals surface area contributed by atoms with Crippen LogP contribution in [0.5, 0.6) is 11.5 Å². The highest BCUT2D eigenvalue weighted by Gasteiger charge is 2.04. The molecular weight excluding hydrogens is 350 g/mol. The predicted molar refractivity (Wildman–Crippen MR) is 111 cm³/mol. The summed E-state index contributed by atoms with van der Waals surface area (Å²) in [5, 5.41) is 14.4. The van der Waals surface area contributed by atoms with Crippen molar-refractivity contribution in [3.05, 3.63) is 102 Å². The van der Waals surface area contributed by atoms with Crippen LogP contribution in [0.2, 0.25) is 0 Å². The first-order valence-corrected chi connectivity index (χ1v) is 9.00. The van der Waals surface area contributed by atoms with Crippen molar-refractivity contribution >= 4 is 22.4 Å². The molecule has 4 rings (SSSR count). The van der Waals surface area contributed by atoms with Crippen molar-refractivity contribution in [3.8, 4) is 11.5 Å². The van der Waals surface area contributed by atoms with Gasteiger partial charge < -0.3 is 15.2 Å². The minimum atomic E-state index is -0.915. The third-order valence-corrected chi connectivity index (χ3v) is 4.46. The molecule has 0 aliphatic carbocycles. The van der Waals surface area contributed by atoms with Gasteiger partial charge in [0.2, 0.25) is 0 Å². The van der Waals surface area contributed by atoms with Crippen LogP contribution in [-0.4, -0.2) is 11.1 Å². The summed E-state index contributed by atoms with van der Waals surface area (Å²) in [6.45, 7) is 0.657. The van der Waals surface area contributed by atoms with Crippen LogP contribution in [0.25, 0.3) is 10.8 Å². The van der Waals surface area contributed by atoms with Crippen molar-refractivity contribution < 1.29 is 14.6 Å². The number of ether oxygens (including phenoxy) is 1. The third-order valence-electron chi connectivity index (χ3n) is 4.46. The van der Waals surface area contributed by atoms with E-state index in [2.05, 4.69) is 5.32 Å². The van der Waals surface area contributed by atoms with Gasteiger partial charge in [0.1, 0.15) is 11.5 Å². The normalized spacial score (nSPS) is 10.6. The topological polar surface area (TPSA) is 58.6 Å². The van der Waals surface area contributed by atoms with Crippen LogP contribution < -0.4 is 10.1 Å². The second-order valence-electron chi connectivity index (χ2n) is 6.50. The Morgan fingerprint density at radius 3 is 2.36 bits per heavy atom. The van der Waals surface area contributed by atoms with E-state index in [1.807, 2.05) is 78.9 Å². The first kappa shape index (κ1) is 17.6. The van der Waals surface area contributed by atoms with Crippen LogP contribution in [0, 0.1) is 0 Å². The lowest BCUT2D eigenvalue weighted by Gasteiger charge is -2.10. The number of anilines is 1. The Kier molecular flexibility index (Phi) is 4.93. The number of nitrogens with one attached hydrogen (secondary N) is 1. The number of rotatable bonds is 6. The number of carboxylic acids is 1. The molecule has 0 unspecified atom stereocenters. The second-order valence-corrected chi connectivity index (χ2v) is 6.50. The Labute approximate surface area is 163 Å². The van der Waals surface area contributed by atoms with Crippen molar-refractivity contribution in [2.45, 2.75) is 6.54 Å². The van der Waals surface area contributed by atoms with E-state index in [0.29, 0.717) is 12.1 Å². The molecule has 2 N–H and O–H groups in total. The van der Waals surface area contributed by atoms with E-state index >= 15 is 0 Å². The Hall–Kier alpha value is -3.79. The number of carboxylic acid groups (broad SMARTS) is 1. The van der Waals surface area contributed by atoms with Crippen LogP contribution in [0.1, 0.15) is 15.9 Å². The Bertz CT molecular complexity index is 1120. The molecule has 0 aromatic heterocycles. The van der Waals surface area contributed by atoms with Crippen LogP contribution in [-0.2, 0) is 6.54 Å². The summed E-state index contributed by atoms with van der Waals surface area (Å²) < 4.78 is 5.88. The summed E-state index contributed by atoms with van der Waals surface area (Å²) in [4.78, 5) is 11.1. The van der Waals surface area contributed by atoms with Gasteiger partial charge in [0.25, 0.3) is 0 Å². The molecule has 4 heteroatoms. The van der Waals surface area contributed by atoms with Gasteiger partial charge in [-0.2, -0.15) is 0 Å². The highest BCUT2D eigenvalue weighted by Crippen LogP contribution is 2.24. The maximum atomic E-state index is 11.1. The number of fused-ring (bicyclic) bond motifs is 1. The molecule has 0 bridgehead atoms. The summed E-state index contributed by atoms with van der Waals surface area (Å²) in [5.41, 5.74) is 2.38. The number of benzene rings is 4. The van der Waals surface area contributed by atoms with Crippen LogP contribution in [0.15, 0.2) is 91.0 Å². The number of para-hydroxylation sites is 1.